The second-order valence-electron chi connectivity index (χ2n) is 11.3. The molecule has 4 heteroatoms. The van der Waals surface area contributed by atoms with Crippen LogP contribution in [-0.2, 0) is 22.3 Å². The lowest BCUT2D eigenvalue weighted by Gasteiger charge is -2.19. The van der Waals surface area contributed by atoms with E-state index in [0.717, 1.165) is 24.8 Å². The lowest BCUT2D eigenvalue weighted by Crippen LogP contribution is -2.19. The van der Waals surface area contributed by atoms with Gasteiger partial charge in [0.1, 0.15) is 6.61 Å². The summed E-state index contributed by atoms with van der Waals surface area (Å²) in [6.07, 6.45) is 16.5. The summed E-state index contributed by atoms with van der Waals surface area (Å²) in [6.45, 7) is 4.42. The van der Waals surface area contributed by atoms with Crippen LogP contribution in [0.2, 0.25) is 0 Å². The first-order valence-corrected chi connectivity index (χ1v) is 16.2. The molecule has 226 valence electrons. The number of hydrogen-bond donors (Lipinski definition) is 0. The smallest absolute Gasteiger partial charge is 0.338 e. The Morgan fingerprint density at radius 1 is 0.548 bits per heavy atom. The van der Waals surface area contributed by atoms with Crippen molar-refractivity contribution in [1.29, 1.82) is 0 Å². The molecule has 0 bridgehead atoms. The summed E-state index contributed by atoms with van der Waals surface area (Å²) in [5.41, 5.74) is 4.24. The molecule has 1 atom stereocenters. The van der Waals surface area contributed by atoms with Crippen molar-refractivity contribution in [3.8, 4) is 0 Å². The Morgan fingerprint density at radius 3 is 1.50 bits per heavy atom. The van der Waals surface area contributed by atoms with Gasteiger partial charge in [0.15, 0.2) is 6.10 Å². The Labute approximate surface area is 253 Å². The fraction of sp³-hybridized carbons (Fsp3) is 0.474. The van der Waals surface area contributed by atoms with Gasteiger partial charge in [0.25, 0.3) is 0 Å². The number of hydrogen-bond acceptors (Lipinski definition) is 4. The number of aryl methyl sites for hydroxylation is 2. The fourth-order valence-corrected chi connectivity index (χ4v) is 5.13. The van der Waals surface area contributed by atoms with Crippen LogP contribution in [0.5, 0.6) is 0 Å². The Balaban J connectivity index is 1.50. The zero-order valence-corrected chi connectivity index (χ0v) is 25.8. The van der Waals surface area contributed by atoms with Gasteiger partial charge in [-0.1, -0.05) is 133 Å². The maximum atomic E-state index is 13.0. The topological polar surface area (TPSA) is 52.6 Å². The molecule has 1 unspecified atom stereocenters. The minimum atomic E-state index is -0.697. The maximum absolute atomic E-state index is 13.0. The van der Waals surface area contributed by atoms with Crippen LogP contribution in [0.4, 0.5) is 0 Å². The molecule has 0 fully saturated rings. The van der Waals surface area contributed by atoms with Crippen LogP contribution in [0.1, 0.15) is 134 Å². The summed E-state index contributed by atoms with van der Waals surface area (Å²) in [7, 11) is 0. The predicted octanol–water partition coefficient (Wildman–Crippen LogP) is 10.2. The number of ether oxygens (including phenoxy) is 2. The van der Waals surface area contributed by atoms with E-state index < -0.39 is 18.0 Å². The van der Waals surface area contributed by atoms with Crippen molar-refractivity contribution in [1.82, 2.24) is 0 Å². The van der Waals surface area contributed by atoms with Crippen molar-refractivity contribution >= 4 is 11.9 Å². The highest BCUT2D eigenvalue weighted by molar-refractivity contribution is 5.90. The van der Waals surface area contributed by atoms with Crippen molar-refractivity contribution in [3.63, 3.8) is 0 Å². The molecule has 3 rings (SSSR count). The van der Waals surface area contributed by atoms with E-state index in [2.05, 4.69) is 13.8 Å². The van der Waals surface area contributed by atoms with Crippen LogP contribution >= 0.6 is 0 Å². The van der Waals surface area contributed by atoms with E-state index >= 15 is 0 Å². The molecule has 3 aromatic rings. The lowest BCUT2D eigenvalue weighted by molar-refractivity contribution is -0.00133. The molecule has 0 spiro atoms. The summed E-state index contributed by atoms with van der Waals surface area (Å²) in [6, 6.07) is 24.8. The molecule has 0 heterocycles. The average Bonchev–Trinajstić information content (AvgIpc) is 3.03. The molecule has 0 aliphatic heterocycles. The van der Waals surface area contributed by atoms with Crippen LogP contribution in [-0.4, -0.2) is 18.5 Å². The average molecular weight is 571 g/mol. The summed E-state index contributed by atoms with van der Waals surface area (Å²) in [5.74, 6) is -0.845. The number of esters is 2. The van der Waals surface area contributed by atoms with Gasteiger partial charge in [-0.15, -0.1) is 0 Å². The van der Waals surface area contributed by atoms with Gasteiger partial charge < -0.3 is 9.47 Å². The largest absolute Gasteiger partial charge is 0.458 e. The normalized spacial score (nSPS) is 11.7. The molecular weight excluding hydrogens is 520 g/mol. The third-order valence-electron chi connectivity index (χ3n) is 7.80. The molecular formula is C38H50O4. The zero-order valence-electron chi connectivity index (χ0n) is 25.8. The molecule has 0 amide bonds. The summed E-state index contributed by atoms with van der Waals surface area (Å²) < 4.78 is 11.5. The van der Waals surface area contributed by atoms with Crippen molar-refractivity contribution in [2.24, 2.45) is 0 Å². The second-order valence-corrected chi connectivity index (χ2v) is 11.3. The number of carbonyl (C=O) groups excluding carboxylic acids is 2. The van der Waals surface area contributed by atoms with Gasteiger partial charge >= 0.3 is 11.9 Å². The SMILES string of the molecule is CCCCCCCCc1ccc(C(=O)OCC(OC(=O)c2ccc(CCCCCCCC)cc2)c2ccccc2)cc1. The zero-order chi connectivity index (χ0) is 29.8. The third-order valence-corrected chi connectivity index (χ3v) is 7.80. The molecule has 4 nitrogen and oxygen atoms in total. The van der Waals surface area contributed by atoms with Crippen molar-refractivity contribution < 1.29 is 19.1 Å². The molecule has 0 saturated carbocycles. The van der Waals surface area contributed by atoms with Crippen LogP contribution in [0.25, 0.3) is 0 Å². The van der Waals surface area contributed by atoms with Crippen LogP contribution in [0.3, 0.4) is 0 Å². The monoisotopic (exact) mass is 570 g/mol. The minimum Gasteiger partial charge on any atom is -0.458 e. The molecule has 0 radical (unpaired) electrons. The fourth-order valence-electron chi connectivity index (χ4n) is 5.13. The van der Waals surface area contributed by atoms with Gasteiger partial charge in [0.05, 0.1) is 11.1 Å². The van der Waals surface area contributed by atoms with Gasteiger partial charge in [0.2, 0.25) is 0 Å². The molecule has 3 aromatic carbocycles. The standard InChI is InChI=1S/C38H50O4/c1-3-5-7-9-11-14-18-31-22-26-34(27-23-31)37(39)41-30-36(33-20-16-13-17-21-33)42-38(40)35-28-24-32(25-29-35)19-15-12-10-8-6-4-2/h13,16-17,20-29,36H,3-12,14-15,18-19,30H2,1-2H3. The van der Waals surface area contributed by atoms with Gasteiger partial charge in [-0.2, -0.15) is 0 Å². The van der Waals surface area contributed by atoms with Crippen LogP contribution in [0, 0.1) is 0 Å². The quantitative estimate of drug-likeness (QED) is 0.100. The van der Waals surface area contributed by atoms with E-state index in [0.29, 0.717) is 11.1 Å². The van der Waals surface area contributed by atoms with Crippen LogP contribution < -0.4 is 0 Å². The highest BCUT2D eigenvalue weighted by atomic mass is 16.6. The van der Waals surface area contributed by atoms with Gasteiger partial charge in [-0.3, -0.25) is 0 Å². The summed E-state index contributed by atoms with van der Waals surface area (Å²) in [4.78, 5) is 25.9. The summed E-state index contributed by atoms with van der Waals surface area (Å²) >= 11 is 0. The van der Waals surface area contributed by atoms with Crippen molar-refractivity contribution in [3.05, 3.63) is 107 Å². The predicted molar refractivity (Wildman–Crippen MR) is 172 cm³/mol. The van der Waals surface area contributed by atoms with Crippen molar-refractivity contribution in [2.45, 2.75) is 110 Å². The second kappa shape index (κ2) is 19.7. The molecule has 0 aromatic heterocycles. The molecule has 0 aliphatic rings. The first-order chi connectivity index (χ1) is 20.6. The highest BCUT2D eigenvalue weighted by Crippen LogP contribution is 2.21. The Hall–Kier alpha value is -3.40. The van der Waals surface area contributed by atoms with E-state index in [-0.39, 0.29) is 6.61 Å². The van der Waals surface area contributed by atoms with Gasteiger partial charge in [-0.05, 0) is 66.6 Å². The number of benzene rings is 3. The van der Waals surface area contributed by atoms with E-state index in [1.165, 1.54) is 81.8 Å². The first kappa shape index (κ1) is 33.1. The molecule has 42 heavy (non-hydrogen) atoms. The molecule has 0 aliphatic carbocycles. The Morgan fingerprint density at radius 2 is 1.00 bits per heavy atom. The third kappa shape index (κ3) is 12.2. The van der Waals surface area contributed by atoms with Gasteiger partial charge in [-0.25, -0.2) is 9.59 Å². The van der Waals surface area contributed by atoms with E-state index in [4.69, 9.17) is 9.47 Å². The number of rotatable bonds is 20. The lowest BCUT2D eigenvalue weighted by atomic mass is 10.0. The summed E-state index contributed by atoms with van der Waals surface area (Å²) in [5, 5.41) is 0. The van der Waals surface area contributed by atoms with E-state index in [9.17, 15) is 9.59 Å². The van der Waals surface area contributed by atoms with Crippen molar-refractivity contribution in [2.75, 3.05) is 6.61 Å². The highest BCUT2D eigenvalue weighted by Gasteiger charge is 2.21. The first-order valence-electron chi connectivity index (χ1n) is 16.2. The number of unbranched alkanes of at least 4 members (excludes halogenated alkanes) is 10. The van der Waals surface area contributed by atoms with Gasteiger partial charge in [0, 0.05) is 0 Å². The Kier molecular flexibility index (Phi) is 15.5. The van der Waals surface area contributed by atoms with E-state index in [1.807, 2.05) is 78.9 Å². The van der Waals surface area contributed by atoms with Crippen LogP contribution in [0.15, 0.2) is 78.9 Å². The maximum Gasteiger partial charge on any atom is 0.338 e. The number of carbonyl (C=O) groups is 2. The minimum absolute atomic E-state index is 0.0514. The molecule has 0 N–H and O–H groups in total. The molecule has 0 saturated heterocycles. The Bertz CT molecular complexity index is 1150. The van der Waals surface area contributed by atoms with E-state index in [1.54, 1.807) is 0 Å².